The number of rotatable bonds is 9. The molecule has 0 aromatic heterocycles. The molecule has 0 aliphatic heterocycles. The molecular formula is C23H21ClN4O4. The number of primary amides is 1. The van der Waals surface area contributed by atoms with E-state index in [9.17, 15) is 19.7 Å². The standard InChI is InChI=1S/C23H21ClN4O4/c24-18-9-5-4-8-17(18)14-26-19-11-10-16(13-21(19)28(31)32)23(30)27-20(22(25)29)12-15-6-2-1-3-7-15/h1-11,13,20,26H,12,14H2,(H2,25,29)(H,27,30). The molecule has 32 heavy (non-hydrogen) atoms. The first-order chi connectivity index (χ1) is 15.3. The average Bonchev–Trinajstić information content (AvgIpc) is 2.78. The first-order valence-electron chi connectivity index (χ1n) is 9.75. The highest BCUT2D eigenvalue weighted by molar-refractivity contribution is 6.31. The molecule has 0 fully saturated rings. The Balaban J connectivity index is 1.76. The highest BCUT2D eigenvalue weighted by Crippen LogP contribution is 2.27. The number of nitrogens with two attached hydrogens (primary N) is 1. The Morgan fingerprint density at radius 3 is 2.38 bits per heavy atom. The van der Waals surface area contributed by atoms with Crippen molar-refractivity contribution in [3.63, 3.8) is 0 Å². The third-order valence-electron chi connectivity index (χ3n) is 4.82. The van der Waals surface area contributed by atoms with Gasteiger partial charge in [0.15, 0.2) is 0 Å². The molecule has 0 heterocycles. The summed E-state index contributed by atoms with van der Waals surface area (Å²) in [4.78, 5) is 35.5. The molecule has 8 nitrogen and oxygen atoms in total. The Labute approximate surface area is 189 Å². The summed E-state index contributed by atoms with van der Waals surface area (Å²) in [7, 11) is 0. The van der Waals surface area contributed by atoms with E-state index in [2.05, 4.69) is 10.6 Å². The Morgan fingerprint density at radius 2 is 1.72 bits per heavy atom. The Bertz CT molecular complexity index is 1140. The van der Waals surface area contributed by atoms with Gasteiger partial charge in [-0.25, -0.2) is 0 Å². The second kappa shape index (κ2) is 10.4. The second-order valence-corrected chi connectivity index (χ2v) is 7.46. The summed E-state index contributed by atoms with van der Waals surface area (Å²) in [6.07, 6.45) is 0.210. The number of carbonyl (C=O) groups excluding carboxylic acids is 2. The number of hydrogen-bond donors (Lipinski definition) is 3. The fraction of sp³-hybridized carbons (Fsp3) is 0.130. The fourth-order valence-electron chi connectivity index (χ4n) is 3.12. The van der Waals surface area contributed by atoms with Crippen molar-refractivity contribution in [2.45, 2.75) is 19.0 Å². The van der Waals surface area contributed by atoms with Gasteiger partial charge in [-0.15, -0.1) is 0 Å². The van der Waals surface area contributed by atoms with E-state index in [1.165, 1.54) is 12.1 Å². The lowest BCUT2D eigenvalue weighted by Gasteiger charge is -2.16. The van der Waals surface area contributed by atoms with Gasteiger partial charge in [-0.1, -0.05) is 60.1 Å². The number of halogens is 1. The normalized spacial score (nSPS) is 11.4. The molecule has 9 heteroatoms. The zero-order valence-electron chi connectivity index (χ0n) is 17.0. The van der Waals surface area contributed by atoms with E-state index in [0.717, 1.165) is 17.2 Å². The van der Waals surface area contributed by atoms with Gasteiger partial charge in [0.2, 0.25) is 5.91 Å². The van der Waals surface area contributed by atoms with Gasteiger partial charge in [0.1, 0.15) is 11.7 Å². The first kappa shape index (κ1) is 22.8. The monoisotopic (exact) mass is 452 g/mol. The number of amides is 2. The summed E-state index contributed by atoms with van der Waals surface area (Å²) in [5, 5.41) is 17.7. The van der Waals surface area contributed by atoms with Crippen molar-refractivity contribution in [3.05, 3.63) is 105 Å². The summed E-state index contributed by atoms with van der Waals surface area (Å²) >= 11 is 6.13. The number of carbonyl (C=O) groups is 2. The third kappa shape index (κ3) is 5.83. The maximum Gasteiger partial charge on any atom is 0.293 e. The molecule has 0 bridgehead atoms. The number of nitrogens with one attached hydrogen (secondary N) is 2. The van der Waals surface area contributed by atoms with E-state index in [1.54, 1.807) is 18.2 Å². The Morgan fingerprint density at radius 1 is 1.03 bits per heavy atom. The topological polar surface area (TPSA) is 127 Å². The average molecular weight is 453 g/mol. The van der Waals surface area contributed by atoms with Crippen LogP contribution in [-0.4, -0.2) is 22.8 Å². The molecular weight excluding hydrogens is 432 g/mol. The molecule has 1 unspecified atom stereocenters. The van der Waals surface area contributed by atoms with E-state index in [-0.39, 0.29) is 29.9 Å². The van der Waals surface area contributed by atoms with Gasteiger partial charge in [0, 0.05) is 29.6 Å². The number of nitro groups is 1. The minimum atomic E-state index is -0.956. The lowest BCUT2D eigenvalue weighted by atomic mass is 10.0. The van der Waals surface area contributed by atoms with Gasteiger partial charge in [-0.2, -0.15) is 0 Å². The van der Waals surface area contributed by atoms with E-state index in [0.29, 0.717) is 5.02 Å². The maximum absolute atomic E-state index is 12.7. The predicted octanol–water partition coefficient (Wildman–Crippen LogP) is 3.69. The van der Waals surface area contributed by atoms with Crippen LogP contribution in [-0.2, 0) is 17.8 Å². The van der Waals surface area contributed by atoms with Crippen molar-refractivity contribution >= 4 is 34.8 Å². The van der Waals surface area contributed by atoms with E-state index in [1.807, 2.05) is 36.4 Å². The molecule has 0 aliphatic carbocycles. The van der Waals surface area contributed by atoms with Crippen molar-refractivity contribution in [1.29, 1.82) is 0 Å². The van der Waals surface area contributed by atoms with Crippen LogP contribution in [0.1, 0.15) is 21.5 Å². The van der Waals surface area contributed by atoms with Gasteiger partial charge in [0.25, 0.3) is 11.6 Å². The number of anilines is 1. The van der Waals surface area contributed by atoms with Gasteiger partial charge in [-0.05, 0) is 29.3 Å². The van der Waals surface area contributed by atoms with Crippen molar-refractivity contribution in [1.82, 2.24) is 5.32 Å². The molecule has 0 spiro atoms. The summed E-state index contributed by atoms with van der Waals surface area (Å²) in [5.41, 5.74) is 7.04. The summed E-state index contributed by atoms with van der Waals surface area (Å²) in [5.74, 6) is -1.33. The van der Waals surface area contributed by atoms with Crippen molar-refractivity contribution in [2.24, 2.45) is 5.73 Å². The van der Waals surface area contributed by atoms with Crippen LogP contribution in [0.2, 0.25) is 5.02 Å². The SMILES string of the molecule is NC(=O)C(Cc1ccccc1)NC(=O)c1ccc(NCc2ccccc2Cl)c([N+](=O)[O-])c1. The van der Waals surface area contributed by atoms with Gasteiger partial charge >= 0.3 is 0 Å². The van der Waals surface area contributed by atoms with Crippen LogP contribution in [0, 0.1) is 10.1 Å². The lowest BCUT2D eigenvalue weighted by Crippen LogP contribution is -2.45. The molecule has 0 radical (unpaired) electrons. The largest absolute Gasteiger partial charge is 0.375 e. The van der Waals surface area contributed by atoms with Crippen LogP contribution in [0.4, 0.5) is 11.4 Å². The number of nitro benzene ring substituents is 1. The molecule has 4 N–H and O–H groups in total. The lowest BCUT2D eigenvalue weighted by molar-refractivity contribution is -0.384. The molecule has 0 saturated heterocycles. The van der Waals surface area contributed by atoms with Crippen LogP contribution in [0.5, 0.6) is 0 Å². The first-order valence-corrected chi connectivity index (χ1v) is 10.1. The minimum absolute atomic E-state index is 0.0410. The Hall–Kier alpha value is -3.91. The van der Waals surface area contributed by atoms with E-state index >= 15 is 0 Å². The molecule has 3 aromatic rings. The van der Waals surface area contributed by atoms with Crippen molar-refractivity contribution < 1.29 is 14.5 Å². The minimum Gasteiger partial charge on any atom is -0.375 e. The quantitative estimate of drug-likeness (QED) is 0.337. The number of nitrogens with zero attached hydrogens (tertiary/aromatic N) is 1. The van der Waals surface area contributed by atoms with Gasteiger partial charge < -0.3 is 16.4 Å². The summed E-state index contributed by atoms with van der Waals surface area (Å²) < 4.78 is 0. The molecule has 164 valence electrons. The second-order valence-electron chi connectivity index (χ2n) is 7.05. The van der Waals surface area contributed by atoms with Crippen LogP contribution in [0.3, 0.4) is 0 Å². The number of benzene rings is 3. The molecule has 3 aromatic carbocycles. The van der Waals surface area contributed by atoms with Crippen LogP contribution in [0.15, 0.2) is 72.8 Å². The van der Waals surface area contributed by atoms with E-state index in [4.69, 9.17) is 17.3 Å². The smallest absolute Gasteiger partial charge is 0.293 e. The Kier molecular flexibility index (Phi) is 7.41. The van der Waals surface area contributed by atoms with Crippen LogP contribution in [0.25, 0.3) is 0 Å². The van der Waals surface area contributed by atoms with Gasteiger partial charge in [-0.3, -0.25) is 19.7 Å². The summed E-state index contributed by atoms with van der Waals surface area (Å²) in [6.45, 7) is 0.271. The number of hydrogen-bond acceptors (Lipinski definition) is 5. The highest BCUT2D eigenvalue weighted by atomic mass is 35.5. The highest BCUT2D eigenvalue weighted by Gasteiger charge is 2.22. The van der Waals surface area contributed by atoms with Crippen LogP contribution >= 0.6 is 11.6 Å². The predicted molar refractivity (Wildman–Crippen MR) is 122 cm³/mol. The fourth-order valence-corrected chi connectivity index (χ4v) is 3.32. The molecule has 1 atom stereocenters. The van der Waals surface area contributed by atoms with Crippen molar-refractivity contribution in [2.75, 3.05) is 5.32 Å². The van der Waals surface area contributed by atoms with Crippen molar-refractivity contribution in [3.8, 4) is 0 Å². The molecule has 0 saturated carbocycles. The summed E-state index contributed by atoms with van der Waals surface area (Å²) in [6, 6.07) is 19.3. The maximum atomic E-state index is 12.7. The van der Waals surface area contributed by atoms with E-state index < -0.39 is 22.8 Å². The molecule has 0 aliphatic rings. The van der Waals surface area contributed by atoms with Gasteiger partial charge in [0.05, 0.1) is 4.92 Å². The van der Waals surface area contributed by atoms with Crippen LogP contribution < -0.4 is 16.4 Å². The third-order valence-corrected chi connectivity index (χ3v) is 5.18. The zero-order valence-corrected chi connectivity index (χ0v) is 17.7. The molecule has 3 rings (SSSR count). The molecule has 2 amide bonds. The zero-order chi connectivity index (χ0) is 23.1.